The molecule has 1 fully saturated rings. The number of fused-ring (bicyclic) bond motifs is 1. The van der Waals surface area contributed by atoms with Gasteiger partial charge in [0.05, 0.1) is 21.9 Å². The first-order valence-corrected chi connectivity index (χ1v) is 11.9. The fraction of sp³-hybridized carbons (Fsp3) is 0.458. The molecule has 3 heterocycles. The standard InChI is InChI=1S/C24H29ClN2O3S/c1-5-19(28)20-11-18-23(31-20)16(6-7-26-18)17-9-14(25)8-13(2)22(17)30-15-10-21(27-12-15)24(3,4)29/h6-9,11,15,19,21,27-29H,5,10,12H2,1-4H3/t15-,19?,21-/m0/s1. The predicted octanol–water partition coefficient (Wildman–Crippen LogP) is 5.25. The fourth-order valence-corrected chi connectivity index (χ4v) is 5.60. The lowest BCUT2D eigenvalue weighted by atomic mass is 9.97. The second-order valence-corrected chi connectivity index (χ2v) is 10.4. The monoisotopic (exact) mass is 460 g/mol. The van der Waals surface area contributed by atoms with Crippen molar-refractivity contribution in [3.63, 3.8) is 0 Å². The number of aliphatic hydroxyl groups excluding tert-OH is 1. The summed E-state index contributed by atoms with van der Waals surface area (Å²) in [5.41, 5.74) is 2.93. The molecule has 0 aliphatic carbocycles. The summed E-state index contributed by atoms with van der Waals surface area (Å²) in [6, 6.07) is 7.77. The van der Waals surface area contributed by atoms with Crippen LogP contribution in [0.1, 0.15) is 50.2 Å². The van der Waals surface area contributed by atoms with Crippen LogP contribution in [0.5, 0.6) is 5.75 Å². The van der Waals surface area contributed by atoms with Gasteiger partial charge in [0.15, 0.2) is 0 Å². The molecule has 3 atom stereocenters. The third-order valence-electron chi connectivity index (χ3n) is 5.90. The lowest BCUT2D eigenvalue weighted by molar-refractivity contribution is 0.0412. The highest BCUT2D eigenvalue weighted by molar-refractivity contribution is 7.19. The zero-order valence-corrected chi connectivity index (χ0v) is 19.8. The first-order valence-electron chi connectivity index (χ1n) is 10.7. The third kappa shape index (κ3) is 4.59. The normalized spacial score (nSPS) is 20.4. The molecule has 4 rings (SSSR count). The van der Waals surface area contributed by atoms with Crippen LogP contribution in [0.2, 0.25) is 5.02 Å². The van der Waals surface area contributed by atoms with Gasteiger partial charge in [-0.25, -0.2) is 0 Å². The molecule has 2 aromatic heterocycles. The number of halogens is 1. The Labute approximate surface area is 192 Å². The number of pyridine rings is 1. The summed E-state index contributed by atoms with van der Waals surface area (Å²) in [4.78, 5) is 5.42. The van der Waals surface area contributed by atoms with Crippen LogP contribution in [0.4, 0.5) is 0 Å². The smallest absolute Gasteiger partial charge is 0.130 e. The molecule has 1 aromatic carbocycles. The molecular weight excluding hydrogens is 432 g/mol. The van der Waals surface area contributed by atoms with Crippen LogP contribution in [-0.4, -0.2) is 39.5 Å². The van der Waals surface area contributed by atoms with Crippen molar-refractivity contribution in [3.05, 3.63) is 45.9 Å². The molecule has 5 nitrogen and oxygen atoms in total. The number of thiophene rings is 1. The number of hydrogen-bond donors (Lipinski definition) is 3. The van der Waals surface area contributed by atoms with E-state index in [4.69, 9.17) is 16.3 Å². The van der Waals surface area contributed by atoms with Crippen molar-refractivity contribution in [3.8, 4) is 16.9 Å². The predicted molar refractivity (Wildman–Crippen MR) is 127 cm³/mol. The number of nitrogens with one attached hydrogen (secondary N) is 1. The minimum absolute atomic E-state index is 0.0171. The first kappa shape index (κ1) is 22.5. The second kappa shape index (κ2) is 8.68. The lowest BCUT2D eigenvalue weighted by Gasteiger charge is -2.25. The van der Waals surface area contributed by atoms with Crippen molar-refractivity contribution in [2.75, 3.05) is 6.54 Å². The van der Waals surface area contributed by atoms with E-state index in [1.165, 1.54) is 0 Å². The van der Waals surface area contributed by atoms with E-state index in [1.54, 1.807) is 17.5 Å². The number of benzene rings is 1. The molecule has 0 amide bonds. The number of aliphatic hydroxyl groups is 2. The molecule has 1 saturated heterocycles. The number of hydrogen-bond acceptors (Lipinski definition) is 6. The van der Waals surface area contributed by atoms with Gasteiger partial charge in [-0.2, -0.15) is 0 Å². The van der Waals surface area contributed by atoms with E-state index >= 15 is 0 Å². The maximum atomic E-state index is 10.3. The number of nitrogens with zero attached hydrogens (tertiary/aromatic N) is 1. The molecule has 0 radical (unpaired) electrons. The highest BCUT2D eigenvalue weighted by Gasteiger charge is 2.35. The van der Waals surface area contributed by atoms with Crippen LogP contribution < -0.4 is 10.1 Å². The quantitative estimate of drug-likeness (QED) is 0.468. The number of ether oxygens (including phenoxy) is 1. The Hall–Kier alpha value is -1.70. The van der Waals surface area contributed by atoms with Gasteiger partial charge < -0.3 is 20.3 Å². The molecule has 7 heteroatoms. The largest absolute Gasteiger partial charge is 0.488 e. The van der Waals surface area contributed by atoms with Gasteiger partial charge in [-0.05, 0) is 57.0 Å². The number of rotatable bonds is 6. The van der Waals surface area contributed by atoms with E-state index < -0.39 is 11.7 Å². The summed E-state index contributed by atoms with van der Waals surface area (Å²) in [5.74, 6) is 0.797. The van der Waals surface area contributed by atoms with E-state index in [0.29, 0.717) is 18.0 Å². The van der Waals surface area contributed by atoms with Crippen LogP contribution in [0.3, 0.4) is 0 Å². The molecular formula is C24H29ClN2O3S. The van der Waals surface area contributed by atoms with E-state index in [1.807, 2.05) is 52.0 Å². The van der Waals surface area contributed by atoms with E-state index in [2.05, 4.69) is 10.3 Å². The summed E-state index contributed by atoms with van der Waals surface area (Å²) in [6.07, 6.45) is 2.63. The Kier molecular flexibility index (Phi) is 6.30. The molecule has 3 N–H and O–H groups in total. The SMILES string of the molecule is CCC(O)c1cc2nccc(-c3cc(Cl)cc(C)c3O[C@@H]3CN[C@H](C(C)(C)O)C3)c2s1. The average Bonchev–Trinajstić information content (AvgIpc) is 3.35. The maximum Gasteiger partial charge on any atom is 0.130 e. The molecule has 1 aliphatic rings. The van der Waals surface area contributed by atoms with Gasteiger partial charge in [-0.1, -0.05) is 18.5 Å². The van der Waals surface area contributed by atoms with Crippen LogP contribution in [-0.2, 0) is 0 Å². The molecule has 0 bridgehead atoms. The Morgan fingerprint density at radius 1 is 1.32 bits per heavy atom. The van der Waals surface area contributed by atoms with E-state index in [9.17, 15) is 10.2 Å². The molecule has 0 spiro atoms. The minimum Gasteiger partial charge on any atom is -0.488 e. The minimum atomic E-state index is -0.805. The van der Waals surface area contributed by atoms with Crippen molar-refractivity contribution < 1.29 is 14.9 Å². The Balaban J connectivity index is 1.75. The Bertz CT molecular complexity index is 1090. The molecule has 0 saturated carbocycles. The molecule has 166 valence electrons. The first-order chi connectivity index (χ1) is 14.7. The van der Waals surface area contributed by atoms with Gasteiger partial charge in [0.1, 0.15) is 11.9 Å². The second-order valence-electron chi connectivity index (χ2n) is 8.84. The molecule has 1 aliphatic heterocycles. The molecule has 3 aromatic rings. The number of aryl methyl sites for hydroxylation is 1. The van der Waals surface area contributed by atoms with Crippen molar-refractivity contribution in [1.29, 1.82) is 0 Å². The van der Waals surface area contributed by atoms with Crippen LogP contribution in [0, 0.1) is 6.92 Å². The molecule has 1 unspecified atom stereocenters. The summed E-state index contributed by atoms with van der Waals surface area (Å²) in [6.45, 7) is 8.28. The van der Waals surface area contributed by atoms with Gasteiger partial charge in [-0.15, -0.1) is 11.3 Å². The summed E-state index contributed by atoms with van der Waals surface area (Å²) in [7, 11) is 0. The summed E-state index contributed by atoms with van der Waals surface area (Å²) >= 11 is 8.01. The van der Waals surface area contributed by atoms with Crippen molar-refractivity contribution in [2.45, 2.75) is 64.4 Å². The van der Waals surface area contributed by atoms with E-state index in [-0.39, 0.29) is 12.1 Å². The van der Waals surface area contributed by atoms with Gasteiger partial charge in [0.2, 0.25) is 0 Å². The van der Waals surface area contributed by atoms with E-state index in [0.717, 1.165) is 44.0 Å². The fourth-order valence-electron chi connectivity index (χ4n) is 4.12. The van der Waals surface area contributed by atoms with Crippen LogP contribution in [0.25, 0.3) is 21.3 Å². The van der Waals surface area contributed by atoms with Gasteiger partial charge in [0.25, 0.3) is 0 Å². The van der Waals surface area contributed by atoms with Crippen molar-refractivity contribution in [2.24, 2.45) is 0 Å². The van der Waals surface area contributed by atoms with Gasteiger partial charge in [0, 0.05) is 46.2 Å². The zero-order valence-electron chi connectivity index (χ0n) is 18.3. The maximum absolute atomic E-state index is 10.3. The zero-order chi connectivity index (χ0) is 22.3. The highest BCUT2D eigenvalue weighted by Crippen LogP contribution is 2.43. The topological polar surface area (TPSA) is 74.6 Å². The summed E-state index contributed by atoms with van der Waals surface area (Å²) in [5, 5.41) is 24.7. The third-order valence-corrected chi connectivity index (χ3v) is 7.38. The average molecular weight is 461 g/mol. The Morgan fingerprint density at radius 3 is 2.77 bits per heavy atom. The van der Waals surface area contributed by atoms with Gasteiger partial charge >= 0.3 is 0 Å². The van der Waals surface area contributed by atoms with Crippen molar-refractivity contribution in [1.82, 2.24) is 10.3 Å². The highest BCUT2D eigenvalue weighted by atomic mass is 35.5. The van der Waals surface area contributed by atoms with Crippen LogP contribution in [0.15, 0.2) is 30.5 Å². The molecule has 31 heavy (non-hydrogen) atoms. The van der Waals surface area contributed by atoms with Crippen LogP contribution >= 0.6 is 22.9 Å². The lowest BCUT2D eigenvalue weighted by Crippen LogP contribution is -2.42. The number of aromatic nitrogens is 1. The van der Waals surface area contributed by atoms with Crippen molar-refractivity contribution >= 4 is 33.2 Å². The summed E-state index contributed by atoms with van der Waals surface area (Å²) < 4.78 is 7.51. The van der Waals surface area contributed by atoms with Gasteiger partial charge in [-0.3, -0.25) is 4.98 Å². The Morgan fingerprint density at radius 2 is 2.10 bits per heavy atom.